The lowest BCUT2D eigenvalue weighted by Crippen LogP contribution is -2.39. The zero-order valence-electron chi connectivity index (χ0n) is 19.1. The van der Waals surface area contributed by atoms with Gasteiger partial charge >= 0.3 is 12.7 Å². The molecule has 0 aliphatic carbocycles. The van der Waals surface area contributed by atoms with Crippen molar-refractivity contribution in [2.24, 2.45) is 0 Å². The van der Waals surface area contributed by atoms with Gasteiger partial charge in [-0.3, -0.25) is 10.1 Å². The number of carboxylic acid groups (broad SMARTS) is 1. The third-order valence-corrected chi connectivity index (χ3v) is 6.75. The molecule has 2 atom stereocenters. The molecule has 0 spiro atoms. The maximum Gasteiger partial charge on any atom is 0.409 e. The van der Waals surface area contributed by atoms with Crippen LogP contribution in [0.2, 0.25) is 5.02 Å². The highest BCUT2D eigenvalue weighted by Crippen LogP contribution is 2.45. The van der Waals surface area contributed by atoms with Crippen molar-refractivity contribution in [2.75, 3.05) is 5.32 Å². The van der Waals surface area contributed by atoms with Gasteiger partial charge in [0.05, 0.1) is 28.5 Å². The fraction of sp³-hybridized carbons (Fsp3) is 0.240. The Morgan fingerprint density at radius 2 is 1.97 bits per heavy atom. The van der Waals surface area contributed by atoms with E-state index in [0.717, 1.165) is 17.7 Å². The van der Waals surface area contributed by atoms with Crippen molar-refractivity contribution >= 4 is 34.9 Å². The maximum atomic E-state index is 14.7. The molecule has 5 rings (SSSR count). The van der Waals surface area contributed by atoms with Crippen molar-refractivity contribution < 1.29 is 32.6 Å². The Balaban J connectivity index is 1.39. The van der Waals surface area contributed by atoms with Crippen LogP contribution in [0.25, 0.3) is 16.8 Å². The zero-order chi connectivity index (χ0) is 26.3. The molecule has 0 saturated carbocycles. The Morgan fingerprint density at radius 1 is 1.22 bits per heavy atom. The Kier molecular flexibility index (Phi) is 6.55. The fourth-order valence-corrected chi connectivity index (χ4v) is 5.14. The highest BCUT2D eigenvalue weighted by Gasteiger charge is 2.42. The number of carbonyl (C=O) groups is 2. The predicted octanol–water partition coefficient (Wildman–Crippen LogP) is 6.08. The molecule has 0 radical (unpaired) electrons. The SMILES string of the molecule is O=C(O)Nc1ccc(-c2cnc([C@@H]3CC[C@@H]4CC(c5c(F)ccc(Cl)c5OC(F)F)=CC(=O)N43)[nH]2)cc1. The smallest absolute Gasteiger partial charge is 0.409 e. The average Bonchev–Trinajstić information content (AvgIpc) is 3.49. The molecule has 3 heterocycles. The number of anilines is 1. The van der Waals surface area contributed by atoms with Crippen molar-refractivity contribution in [2.45, 2.75) is 38.0 Å². The fourth-order valence-electron chi connectivity index (χ4n) is 4.94. The largest absolute Gasteiger partial charge is 0.465 e. The quantitative estimate of drug-likeness (QED) is 0.356. The molecule has 12 heteroatoms. The van der Waals surface area contributed by atoms with E-state index in [1.54, 1.807) is 35.4 Å². The van der Waals surface area contributed by atoms with Crippen LogP contribution in [0.3, 0.4) is 0 Å². The number of halogens is 4. The Bertz CT molecular complexity index is 1390. The molecule has 2 aromatic carbocycles. The molecule has 1 fully saturated rings. The zero-order valence-corrected chi connectivity index (χ0v) is 19.8. The number of hydrogen-bond donors (Lipinski definition) is 3. The minimum atomic E-state index is -3.21. The first kappa shape index (κ1) is 24.7. The van der Waals surface area contributed by atoms with Crippen molar-refractivity contribution in [1.29, 1.82) is 0 Å². The normalized spacial score (nSPS) is 19.1. The van der Waals surface area contributed by atoms with E-state index in [1.165, 1.54) is 6.08 Å². The maximum absolute atomic E-state index is 14.7. The minimum Gasteiger partial charge on any atom is -0.465 e. The molecular formula is C25H20ClF3N4O4. The van der Waals surface area contributed by atoms with E-state index in [1.807, 2.05) is 0 Å². The molecule has 1 saturated heterocycles. The van der Waals surface area contributed by atoms with Crippen LogP contribution in [-0.2, 0) is 4.79 Å². The first-order valence-electron chi connectivity index (χ1n) is 11.3. The molecule has 3 N–H and O–H groups in total. The van der Waals surface area contributed by atoms with Crippen molar-refractivity contribution in [3.8, 4) is 17.0 Å². The molecular weight excluding hydrogens is 513 g/mol. The first-order valence-corrected chi connectivity index (χ1v) is 11.7. The summed E-state index contributed by atoms with van der Waals surface area (Å²) in [5.41, 5.74) is 1.91. The number of nitrogens with zero attached hydrogens (tertiary/aromatic N) is 2. The van der Waals surface area contributed by atoms with Gasteiger partial charge in [-0.25, -0.2) is 14.2 Å². The van der Waals surface area contributed by atoms with E-state index >= 15 is 0 Å². The Labute approximate surface area is 213 Å². The molecule has 2 aliphatic rings. The number of rotatable bonds is 6. The van der Waals surface area contributed by atoms with E-state index in [0.29, 0.717) is 30.0 Å². The van der Waals surface area contributed by atoms with Crippen molar-refractivity contribution in [3.63, 3.8) is 0 Å². The molecule has 0 bridgehead atoms. The third-order valence-electron chi connectivity index (χ3n) is 6.46. The summed E-state index contributed by atoms with van der Waals surface area (Å²) < 4.78 is 45.2. The summed E-state index contributed by atoms with van der Waals surface area (Å²) in [5, 5.41) is 10.9. The van der Waals surface area contributed by atoms with E-state index in [4.69, 9.17) is 16.7 Å². The second-order valence-corrected chi connectivity index (χ2v) is 9.07. The van der Waals surface area contributed by atoms with Gasteiger partial charge in [0.1, 0.15) is 11.6 Å². The second-order valence-electron chi connectivity index (χ2n) is 8.67. The second kappa shape index (κ2) is 9.81. The van der Waals surface area contributed by atoms with Crippen LogP contribution in [0.5, 0.6) is 5.75 Å². The van der Waals surface area contributed by atoms with Crippen LogP contribution >= 0.6 is 11.6 Å². The number of fused-ring (bicyclic) bond motifs is 1. The monoisotopic (exact) mass is 532 g/mol. The van der Waals surface area contributed by atoms with Crippen molar-refractivity contribution in [3.05, 3.63) is 70.9 Å². The summed E-state index contributed by atoms with van der Waals surface area (Å²) in [6.07, 6.45) is 3.15. The lowest BCUT2D eigenvalue weighted by Gasteiger charge is -2.33. The van der Waals surface area contributed by atoms with Crippen molar-refractivity contribution in [1.82, 2.24) is 14.9 Å². The van der Waals surface area contributed by atoms with Crippen LogP contribution in [0.1, 0.15) is 36.7 Å². The topological polar surface area (TPSA) is 108 Å². The number of imidazole rings is 1. The predicted molar refractivity (Wildman–Crippen MR) is 129 cm³/mol. The van der Waals surface area contributed by atoms with Crippen LogP contribution < -0.4 is 10.1 Å². The van der Waals surface area contributed by atoms with E-state index in [-0.39, 0.29) is 34.7 Å². The van der Waals surface area contributed by atoms with E-state index in [2.05, 4.69) is 20.0 Å². The molecule has 0 unspecified atom stereocenters. The number of amides is 2. The van der Waals surface area contributed by atoms with Crippen LogP contribution in [-0.4, -0.2) is 44.6 Å². The highest BCUT2D eigenvalue weighted by atomic mass is 35.5. The van der Waals surface area contributed by atoms with Crippen LogP contribution in [0, 0.1) is 5.82 Å². The average molecular weight is 533 g/mol. The van der Waals surface area contributed by atoms with Gasteiger partial charge in [-0.05, 0) is 54.7 Å². The molecule has 2 aliphatic heterocycles. The summed E-state index contributed by atoms with van der Waals surface area (Å²) in [6.45, 7) is -3.21. The number of nitrogens with one attached hydrogen (secondary N) is 2. The van der Waals surface area contributed by atoms with E-state index < -0.39 is 30.2 Å². The Morgan fingerprint density at radius 3 is 2.68 bits per heavy atom. The van der Waals surface area contributed by atoms with Gasteiger partial charge in [0.25, 0.3) is 0 Å². The molecule has 37 heavy (non-hydrogen) atoms. The molecule has 1 aromatic heterocycles. The molecule has 2 amide bonds. The van der Waals surface area contributed by atoms with Gasteiger partial charge in [0.15, 0.2) is 5.75 Å². The van der Waals surface area contributed by atoms with Gasteiger partial charge in [0.2, 0.25) is 5.91 Å². The van der Waals surface area contributed by atoms with Gasteiger partial charge < -0.3 is 19.7 Å². The summed E-state index contributed by atoms with van der Waals surface area (Å²) in [5.74, 6) is -1.11. The minimum absolute atomic E-state index is 0.174. The standard InChI is InChI=1S/C25H20ClF3N4O4/c26-16-6-7-17(27)21(22(16)37-24(28)29)13-9-15-5-8-19(33(15)20(34)10-13)23-30-11-18(32-23)12-1-3-14(4-2-12)31-25(35)36/h1-4,6-7,10-11,15,19,24,31H,5,8-9H2,(H,30,32)(H,35,36)/t15-,19+/m1/s1. The summed E-state index contributed by atoms with van der Waals surface area (Å²) in [7, 11) is 0. The Hall–Kier alpha value is -3.99. The lowest BCUT2D eigenvalue weighted by atomic mass is 9.93. The lowest BCUT2D eigenvalue weighted by molar-refractivity contribution is -0.129. The number of hydrogen-bond acceptors (Lipinski definition) is 4. The summed E-state index contributed by atoms with van der Waals surface area (Å²) in [4.78, 5) is 33.3. The summed E-state index contributed by atoms with van der Waals surface area (Å²) in [6, 6.07) is 8.27. The van der Waals surface area contributed by atoms with Gasteiger partial charge in [-0.15, -0.1) is 0 Å². The molecule has 192 valence electrons. The van der Waals surface area contributed by atoms with Gasteiger partial charge in [-0.2, -0.15) is 8.78 Å². The number of aromatic nitrogens is 2. The van der Waals surface area contributed by atoms with Crippen LogP contribution in [0.4, 0.5) is 23.7 Å². The third kappa shape index (κ3) is 4.86. The van der Waals surface area contributed by atoms with Crippen LogP contribution in [0.15, 0.2) is 48.7 Å². The number of carbonyl (C=O) groups excluding carboxylic acids is 1. The molecule has 8 nitrogen and oxygen atoms in total. The highest BCUT2D eigenvalue weighted by molar-refractivity contribution is 6.32. The van der Waals surface area contributed by atoms with Gasteiger partial charge in [-0.1, -0.05) is 23.7 Å². The van der Waals surface area contributed by atoms with Gasteiger partial charge in [0, 0.05) is 17.8 Å². The number of alkyl halides is 2. The number of ether oxygens (including phenoxy) is 1. The molecule has 3 aromatic rings. The van der Waals surface area contributed by atoms with E-state index in [9.17, 15) is 22.8 Å². The number of aromatic amines is 1. The number of benzene rings is 2. The number of H-pyrrole nitrogens is 1. The first-order chi connectivity index (χ1) is 17.7. The summed E-state index contributed by atoms with van der Waals surface area (Å²) >= 11 is 6.01.